The van der Waals surface area contributed by atoms with E-state index in [1.807, 2.05) is 16.8 Å². The van der Waals surface area contributed by atoms with Crippen LogP contribution in [0, 0.1) is 15.9 Å². The minimum absolute atomic E-state index is 0.0630. The number of nitrogens with zero attached hydrogens (tertiary/aromatic N) is 1. The van der Waals surface area contributed by atoms with Gasteiger partial charge in [0, 0.05) is 6.54 Å². The van der Waals surface area contributed by atoms with Crippen molar-refractivity contribution in [3.05, 3.63) is 56.0 Å². The Morgan fingerprint density at radius 1 is 1.52 bits per heavy atom. The maximum Gasteiger partial charge on any atom is 0.340 e. The van der Waals surface area contributed by atoms with Crippen molar-refractivity contribution in [2.24, 2.45) is 0 Å². The number of carbonyl (C=O) groups excluding carboxylic acids is 1. The van der Waals surface area contributed by atoms with Gasteiger partial charge in [-0.15, -0.1) is 0 Å². The van der Waals surface area contributed by atoms with Gasteiger partial charge in [-0.2, -0.15) is 11.3 Å². The van der Waals surface area contributed by atoms with Crippen LogP contribution in [0.2, 0.25) is 0 Å². The van der Waals surface area contributed by atoms with E-state index in [0.29, 0.717) is 12.6 Å². The van der Waals surface area contributed by atoms with E-state index in [-0.39, 0.29) is 11.3 Å². The molecule has 21 heavy (non-hydrogen) atoms. The molecule has 0 atom stereocenters. The number of thiophene rings is 1. The molecule has 1 aromatic carbocycles. The van der Waals surface area contributed by atoms with Crippen LogP contribution in [-0.4, -0.2) is 18.0 Å². The van der Waals surface area contributed by atoms with Crippen LogP contribution in [0.15, 0.2) is 29.0 Å². The Morgan fingerprint density at radius 2 is 2.29 bits per heavy atom. The molecule has 0 radical (unpaired) electrons. The number of nitro benzene ring substituents is 1. The lowest BCUT2D eigenvalue weighted by Gasteiger charge is -2.09. The average Bonchev–Trinajstić information content (AvgIpc) is 2.98. The molecular weight excluding hydrogens is 299 g/mol. The minimum Gasteiger partial charge on any atom is -0.465 e. The molecule has 0 saturated heterocycles. The first-order valence-corrected chi connectivity index (χ1v) is 6.78. The standard InChI is InChI=1S/C13H11FN2O4S/c1-20-13(17)9-4-11(12(16(18)19)5-10(9)14)15-6-8-2-3-21-7-8/h2-5,7,15H,6H2,1H3. The van der Waals surface area contributed by atoms with Gasteiger partial charge in [-0.25, -0.2) is 9.18 Å². The second kappa shape index (κ2) is 6.31. The molecule has 0 aliphatic carbocycles. The van der Waals surface area contributed by atoms with E-state index in [4.69, 9.17) is 0 Å². The lowest BCUT2D eigenvalue weighted by atomic mass is 10.1. The molecule has 8 heteroatoms. The quantitative estimate of drug-likeness (QED) is 0.521. The summed E-state index contributed by atoms with van der Waals surface area (Å²) in [6.07, 6.45) is 0. The number of ether oxygens (including phenoxy) is 1. The number of methoxy groups -OCH3 is 1. The van der Waals surface area contributed by atoms with Crippen molar-refractivity contribution in [3.63, 3.8) is 0 Å². The van der Waals surface area contributed by atoms with E-state index in [1.165, 1.54) is 11.3 Å². The summed E-state index contributed by atoms with van der Waals surface area (Å²) in [5, 5.41) is 17.6. The Bertz CT molecular complexity index is 673. The van der Waals surface area contributed by atoms with Crippen molar-refractivity contribution in [1.82, 2.24) is 0 Å². The Hall–Kier alpha value is -2.48. The zero-order chi connectivity index (χ0) is 15.4. The first-order chi connectivity index (χ1) is 10.0. The Labute approximate surface area is 123 Å². The smallest absolute Gasteiger partial charge is 0.340 e. The molecule has 0 fully saturated rings. The second-order valence-electron chi connectivity index (χ2n) is 4.08. The molecule has 0 aliphatic heterocycles. The third-order valence-electron chi connectivity index (χ3n) is 2.75. The topological polar surface area (TPSA) is 81.5 Å². The normalized spacial score (nSPS) is 10.2. The van der Waals surface area contributed by atoms with Crippen LogP contribution in [0.3, 0.4) is 0 Å². The number of nitro groups is 1. The number of benzene rings is 1. The van der Waals surface area contributed by atoms with Crippen molar-refractivity contribution in [2.45, 2.75) is 6.54 Å². The van der Waals surface area contributed by atoms with E-state index < -0.39 is 22.4 Å². The number of halogens is 1. The summed E-state index contributed by atoms with van der Waals surface area (Å²) in [6, 6.07) is 3.65. The van der Waals surface area contributed by atoms with Crippen molar-refractivity contribution in [2.75, 3.05) is 12.4 Å². The highest BCUT2D eigenvalue weighted by Crippen LogP contribution is 2.28. The fraction of sp³-hybridized carbons (Fsp3) is 0.154. The van der Waals surface area contributed by atoms with Gasteiger partial charge in [0.25, 0.3) is 5.69 Å². The molecule has 0 aliphatic rings. The van der Waals surface area contributed by atoms with Gasteiger partial charge in [-0.3, -0.25) is 10.1 Å². The van der Waals surface area contributed by atoms with Gasteiger partial charge in [-0.1, -0.05) is 0 Å². The van der Waals surface area contributed by atoms with Crippen LogP contribution < -0.4 is 5.32 Å². The van der Waals surface area contributed by atoms with Crippen molar-refractivity contribution in [3.8, 4) is 0 Å². The highest BCUT2D eigenvalue weighted by atomic mass is 32.1. The molecule has 2 aromatic rings. The van der Waals surface area contributed by atoms with E-state index in [2.05, 4.69) is 10.1 Å². The fourth-order valence-corrected chi connectivity index (χ4v) is 2.38. The van der Waals surface area contributed by atoms with Gasteiger partial charge < -0.3 is 10.1 Å². The van der Waals surface area contributed by atoms with Gasteiger partial charge in [-0.05, 0) is 28.5 Å². The van der Waals surface area contributed by atoms with Crippen LogP contribution in [0.5, 0.6) is 0 Å². The first-order valence-electron chi connectivity index (χ1n) is 5.84. The Morgan fingerprint density at radius 3 is 2.86 bits per heavy atom. The summed E-state index contributed by atoms with van der Waals surface area (Å²) < 4.78 is 18.2. The summed E-state index contributed by atoms with van der Waals surface area (Å²) >= 11 is 1.49. The summed E-state index contributed by atoms with van der Waals surface area (Å²) in [7, 11) is 1.11. The Balaban J connectivity index is 2.35. The number of hydrogen-bond acceptors (Lipinski definition) is 6. The third-order valence-corrected chi connectivity index (χ3v) is 3.48. The number of nitrogens with one attached hydrogen (secondary N) is 1. The highest BCUT2D eigenvalue weighted by molar-refractivity contribution is 7.07. The molecule has 1 aromatic heterocycles. The summed E-state index contributed by atoms with van der Waals surface area (Å²) in [6.45, 7) is 0.330. The maximum atomic E-state index is 13.7. The lowest BCUT2D eigenvalue weighted by Crippen LogP contribution is -2.09. The Kier molecular flexibility index (Phi) is 4.49. The van der Waals surface area contributed by atoms with Gasteiger partial charge in [0.05, 0.1) is 23.7 Å². The van der Waals surface area contributed by atoms with E-state index in [1.54, 1.807) is 0 Å². The van der Waals surface area contributed by atoms with E-state index >= 15 is 0 Å². The zero-order valence-electron chi connectivity index (χ0n) is 11.0. The maximum absolute atomic E-state index is 13.7. The third kappa shape index (κ3) is 3.34. The van der Waals surface area contributed by atoms with Gasteiger partial charge >= 0.3 is 5.97 Å². The average molecular weight is 310 g/mol. The minimum atomic E-state index is -0.991. The molecule has 1 heterocycles. The number of hydrogen-bond donors (Lipinski definition) is 1. The second-order valence-corrected chi connectivity index (χ2v) is 4.86. The van der Waals surface area contributed by atoms with E-state index in [0.717, 1.165) is 18.7 Å². The molecule has 2 rings (SSSR count). The molecule has 0 saturated carbocycles. The number of esters is 1. The van der Waals surface area contributed by atoms with Crippen LogP contribution in [-0.2, 0) is 11.3 Å². The molecule has 0 unspecified atom stereocenters. The molecule has 110 valence electrons. The largest absolute Gasteiger partial charge is 0.465 e. The van der Waals surface area contributed by atoms with Crippen molar-refractivity contribution < 1.29 is 18.8 Å². The van der Waals surface area contributed by atoms with Crippen LogP contribution in [0.4, 0.5) is 15.8 Å². The highest BCUT2D eigenvalue weighted by Gasteiger charge is 2.22. The fourth-order valence-electron chi connectivity index (χ4n) is 1.71. The van der Waals surface area contributed by atoms with Gasteiger partial charge in [0.1, 0.15) is 11.5 Å². The van der Waals surface area contributed by atoms with Crippen molar-refractivity contribution in [1.29, 1.82) is 0 Å². The molecule has 6 nitrogen and oxygen atoms in total. The predicted octanol–water partition coefficient (Wildman–Crippen LogP) is 3.19. The van der Waals surface area contributed by atoms with Crippen LogP contribution in [0.25, 0.3) is 0 Å². The SMILES string of the molecule is COC(=O)c1cc(NCc2ccsc2)c([N+](=O)[O-])cc1F. The van der Waals surface area contributed by atoms with E-state index in [9.17, 15) is 19.3 Å². The van der Waals surface area contributed by atoms with Crippen LogP contribution >= 0.6 is 11.3 Å². The lowest BCUT2D eigenvalue weighted by molar-refractivity contribution is -0.384. The number of carbonyl (C=O) groups is 1. The number of rotatable bonds is 5. The monoisotopic (exact) mass is 310 g/mol. The summed E-state index contributed by atoms with van der Waals surface area (Å²) in [4.78, 5) is 21.7. The molecule has 1 N–H and O–H groups in total. The number of anilines is 1. The predicted molar refractivity (Wildman–Crippen MR) is 76.0 cm³/mol. The summed E-state index contributed by atoms with van der Waals surface area (Å²) in [5.74, 6) is -1.88. The van der Waals surface area contributed by atoms with Gasteiger partial charge in [0.2, 0.25) is 0 Å². The molecule has 0 spiro atoms. The molecule has 0 bridgehead atoms. The van der Waals surface area contributed by atoms with Crippen molar-refractivity contribution >= 4 is 28.7 Å². The summed E-state index contributed by atoms with van der Waals surface area (Å²) in [5.41, 5.74) is 0.206. The van der Waals surface area contributed by atoms with Gasteiger partial charge in [0.15, 0.2) is 0 Å². The van der Waals surface area contributed by atoms with Crippen LogP contribution in [0.1, 0.15) is 15.9 Å². The molecular formula is C13H11FN2O4S. The first kappa shape index (κ1) is 14.9. The molecule has 0 amide bonds. The zero-order valence-corrected chi connectivity index (χ0v) is 11.8.